The average molecular weight is 299 g/mol. The molecule has 2 aromatic carbocycles. The second kappa shape index (κ2) is 7.74. The van der Waals surface area contributed by atoms with Crippen LogP contribution in [0.15, 0.2) is 48.5 Å². The van der Waals surface area contributed by atoms with Gasteiger partial charge < -0.3 is 14.8 Å². The quantitative estimate of drug-likeness (QED) is 0.791. The molecule has 2 rings (SSSR count). The number of anilines is 1. The van der Waals surface area contributed by atoms with Crippen LogP contribution in [0, 0.1) is 0 Å². The summed E-state index contributed by atoms with van der Waals surface area (Å²) in [5.74, 6) is 1.80. The van der Waals surface area contributed by atoms with Gasteiger partial charge in [-0.2, -0.15) is 0 Å². The van der Waals surface area contributed by atoms with Gasteiger partial charge in [-0.3, -0.25) is 0 Å². The topological polar surface area (TPSA) is 30.5 Å². The predicted molar refractivity (Wildman–Crippen MR) is 91.7 cm³/mol. The summed E-state index contributed by atoms with van der Waals surface area (Å²) in [6, 6.07) is 16.2. The minimum atomic E-state index is 0.184. The fourth-order valence-corrected chi connectivity index (χ4v) is 2.11. The van der Waals surface area contributed by atoms with Crippen molar-refractivity contribution in [3.05, 3.63) is 54.1 Å². The molecular weight excluding hydrogens is 274 g/mol. The van der Waals surface area contributed by atoms with E-state index in [9.17, 15) is 0 Å². The van der Waals surface area contributed by atoms with Gasteiger partial charge in [0.05, 0.1) is 12.2 Å². The summed E-state index contributed by atoms with van der Waals surface area (Å²) in [4.78, 5) is 0. The highest BCUT2D eigenvalue weighted by atomic mass is 16.5. The standard InChI is InChI=1S/C19H25NO2/c1-14(2)21-18-10-8-16(9-11-18)13-20-17-6-5-7-19(12-17)22-15(3)4/h5-12,14-15,20H,13H2,1-4H3. The maximum atomic E-state index is 5.70. The molecule has 0 aromatic heterocycles. The van der Waals surface area contributed by atoms with E-state index in [-0.39, 0.29) is 12.2 Å². The molecule has 22 heavy (non-hydrogen) atoms. The molecule has 0 bridgehead atoms. The van der Waals surface area contributed by atoms with Crippen LogP contribution in [0.1, 0.15) is 33.3 Å². The van der Waals surface area contributed by atoms with Gasteiger partial charge in [-0.25, -0.2) is 0 Å². The van der Waals surface area contributed by atoms with Crippen LogP contribution in [0.25, 0.3) is 0 Å². The van der Waals surface area contributed by atoms with Crippen LogP contribution in [0.5, 0.6) is 11.5 Å². The Kier molecular flexibility index (Phi) is 5.70. The summed E-state index contributed by atoms with van der Waals surface area (Å²) >= 11 is 0. The van der Waals surface area contributed by atoms with Gasteiger partial charge in [-0.15, -0.1) is 0 Å². The smallest absolute Gasteiger partial charge is 0.121 e. The van der Waals surface area contributed by atoms with Crippen molar-refractivity contribution in [1.29, 1.82) is 0 Å². The lowest BCUT2D eigenvalue weighted by Crippen LogP contribution is -2.06. The molecule has 0 amide bonds. The van der Waals surface area contributed by atoms with Crippen molar-refractivity contribution in [3.8, 4) is 11.5 Å². The molecule has 0 atom stereocenters. The highest BCUT2D eigenvalue weighted by Gasteiger charge is 2.01. The van der Waals surface area contributed by atoms with E-state index < -0.39 is 0 Å². The van der Waals surface area contributed by atoms with E-state index in [1.807, 2.05) is 64.1 Å². The summed E-state index contributed by atoms with van der Waals surface area (Å²) in [6.45, 7) is 8.89. The van der Waals surface area contributed by atoms with Gasteiger partial charge in [0.25, 0.3) is 0 Å². The van der Waals surface area contributed by atoms with Crippen molar-refractivity contribution >= 4 is 5.69 Å². The molecule has 3 heteroatoms. The van der Waals surface area contributed by atoms with Crippen LogP contribution in [-0.4, -0.2) is 12.2 Å². The third kappa shape index (κ3) is 5.32. The van der Waals surface area contributed by atoms with Crippen molar-refractivity contribution in [3.63, 3.8) is 0 Å². The molecule has 0 spiro atoms. The Bertz CT molecular complexity index is 576. The number of benzene rings is 2. The molecule has 0 aliphatic carbocycles. The highest BCUT2D eigenvalue weighted by molar-refractivity contribution is 5.48. The second-order valence-electron chi connectivity index (χ2n) is 5.86. The molecule has 2 aromatic rings. The first-order valence-corrected chi connectivity index (χ1v) is 7.79. The van der Waals surface area contributed by atoms with Crippen LogP contribution in [0.2, 0.25) is 0 Å². The Morgan fingerprint density at radius 2 is 1.45 bits per heavy atom. The first-order valence-electron chi connectivity index (χ1n) is 7.79. The van der Waals surface area contributed by atoms with E-state index in [4.69, 9.17) is 9.47 Å². The molecule has 0 saturated carbocycles. The number of hydrogen-bond donors (Lipinski definition) is 1. The Balaban J connectivity index is 1.92. The summed E-state index contributed by atoms with van der Waals surface area (Å²) in [5.41, 5.74) is 2.27. The van der Waals surface area contributed by atoms with E-state index in [1.54, 1.807) is 0 Å². The second-order valence-corrected chi connectivity index (χ2v) is 5.86. The predicted octanol–water partition coefficient (Wildman–Crippen LogP) is 4.87. The fourth-order valence-electron chi connectivity index (χ4n) is 2.11. The first kappa shape index (κ1) is 16.2. The van der Waals surface area contributed by atoms with Crippen molar-refractivity contribution in [2.45, 2.75) is 46.4 Å². The molecule has 118 valence electrons. The molecule has 0 unspecified atom stereocenters. The van der Waals surface area contributed by atoms with Crippen molar-refractivity contribution in [2.24, 2.45) is 0 Å². The van der Waals surface area contributed by atoms with Gasteiger partial charge in [0, 0.05) is 18.3 Å². The van der Waals surface area contributed by atoms with E-state index in [2.05, 4.69) is 17.4 Å². The first-order chi connectivity index (χ1) is 10.5. The Morgan fingerprint density at radius 1 is 0.818 bits per heavy atom. The van der Waals surface area contributed by atoms with E-state index in [0.717, 1.165) is 23.7 Å². The summed E-state index contributed by atoms with van der Waals surface area (Å²) < 4.78 is 11.4. The average Bonchev–Trinajstić information content (AvgIpc) is 2.46. The molecular formula is C19H25NO2. The van der Waals surface area contributed by atoms with Crippen LogP contribution in [0.4, 0.5) is 5.69 Å². The van der Waals surface area contributed by atoms with Gasteiger partial charge in [0.15, 0.2) is 0 Å². The Hall–Kier alpha value is -2.16. The van der Waals surface area contributed by atoms with Crippen molar-refractivity contribution in [2.75, 3.05) is 5.32 Å². The lowest BCUT2D eigenvalue weighted by molar-refractivity contribution is 0.242. The maximum absolute atomic E-state index is 5.70. The van der Waals surface area contributed by atoms with Crippen LogP contribution < -0.4 is 14.8 Å². The van der Waals surface area contributed by atoms with Gasteiger partial charge >= 0.3 is 0 Å². The van der Waals surface area contributed by atoms with Crippen LogP contribution in [0.3, 0.4) is 0 Å². The van der Waals surface area contributed by atoms with E-state index in [1.165, 1.54) is 5.56 Å². The molecule has 0 fully saturated rings. The summed E-state index contributed by atoms with van der Waals surface area (Å²) in [6.07, 6.45) is 0.386. The lowest BCUT2D eigenvalue weighted by Gasteiger charge is -2.13. The lowest BCUT2D eigenvalue weighted by atomic mass is 10.2. The van der Waals surface area contributed by atoms with E-state index >= 15 is 0 Å². The van der Waals surface area contributed by atoms with Gasteiger partial charge in [0.2, 0.25) is 0 Å². The molecule has 1 N–H and O–H groups in total. The Labute approximate surface area is 133 Å². The van der Waals surface area contributed by atoms with Crippen molar-refractivity contribution in [1.82, 2.24) is 0 Å². The zero-order chi connectivity index (χ0) is 15.9. The van der Waals surface area contributed by atoms with Gasteiger partial charge in [-0.05, 0) is 57.5 Å². The van der Waals surface area contributed by atoms with Gasteiger partial charge in [0.1, 0.15) is 11.5 Å². The number of rotatable bonds is 7. The maximum Gasteiger partial charge on any atom is 0.121 e. The monoisotopic (exact) mass is 299 g/mol. The van der Waals surface area contributed by atoms with E-state index in [0.29, 0.717) is 0 Å². The normalized spacial score (nSPS) is 10.8. The summed E-state index contributed by atoms with van der Waals surface area (Å²) in [7, 11) is 0. The van der Waals surface area contributed by atoms with Crippen molar-refractivity contribution < 1.29 is 9.47 Å². The molecule has 3 nitrogen and oxygen atoms in total. The van der Waals surface area contributed by atoms with Gasteiger partial charge in [-0.1, -0.05) is 18.2 Å². The molecule has 0 aliphatic heterocycles. The highest BCUT2D eigenvalue weighted by Crippen LogP contribution is 2.20. The minimum Gasteiger partial charge on any atom is -0.491 e. The minimum absolute atomic E-state index is 0.184. The van der Waals surface area contributed by atoms with Crippen LogP contribution >= 0.6 is 0 Å². The third-order valence-corrected chi connectivity index (χ3v) is 3.00. The largest absolute Gasteiger partial charge is 0.491 e. The number of hydrogen-bond acceptors (Lipinski definition) is 3. The third-order valence-electron chi connectivity index (χ3n) is 3.00. The zero-order valence-corrected chi connectivity index (χ0v) is 13.8. The Morgan fingerprint density at radius 3 is 2.09 bits per heavy atom. The molecule has 0 aliphatic rings. The molecule has 0 radical (unpaired) electrons. The SMILES string of the molecule is CC(C)Oc1ccc(CNc2cccc(OC(C)C)c2)cc1. The summed E-state index contributed by atoms with van der Waals surface area (Å²) in [5, 5.41) is 3.41. The molecule has 0 heterocycles. The zero-order valence-electron chi connectivity index (χ0n) is 13.8. The number of nitrogens with one attached hydrogen (secondary N) is 1. The van der Waals surface area contributed by atoms with Crippen LogP contribution in [-0.2, 0) is 6.54 Å². The number of ether oxygens (including phenoxy) is 2. The fraction of sp³-hybridized carbons (Fsp3) is 0.368. The molecule has 0 saturated heterocycles.